The third kappa shape index (κ3) is 0.780. The van der Waals surface area contributed by atoms with Crippen molar-refractivity contribution in [3.63, 3.8) is 0 Å². The summed E-state index contributed by atoms with van der Waals surface area (Å²) in [6.07, 6.45) is 1.06. The third-order valence-corrected chi connectivity index (χ3v) is 4.45. The topological polar surface area (TPSA) is 60.4 Å². The van der Waals surface area contributed by atoms with Crippen molar-refractivity contribution < 1.29 is 19.1 Å². The molecule has 3 fully saturated rings. The monoisotopic (exact) mass is 208 g/mol. The molecule has 4 unspecified atom stereocenters. The highest BCUT2D eigenvalue weighted by Gasteiger charge is 2.73. The maximum Gasteiger partial charge on any atom is 0.318 e. The van der Waals surface area contributed by atoms with E-state index in [9.17, 15) is 14.4 Å². The van der Waals surface area contributed by atoms with E-state index in [1.165, 1.54) is 0 Å². The molecule has 0 N–H and O–H groups in total. The van der Waals surface area contributed by atoms with Crippen molar-refractivity contribution in [3.8, 4) is 0 Å². The van der Waals surface area contributed by atoms with Crippen LogP contribution in [0.4, 0.5) is 0 Å². The molecular weight excluding hydrogens is 196 g/mol. The highest BCUT2D eigenvalue weighted by molar-refractivity contribution is 6.05. The zero-order chi connectivity index (χ0) is 11.0. The summed E-state index contributed by atoms with van der Waals surface area (Å²) < 4.78 is 4.66. The minimum atomic E-state index is -0.650. The fraction of sp³-hybridized carbons (Fsp3) is 0.727. The van der Waals surface area contributed by atoms with E-state index >= 15 is 0 Å². The molecule has 3 aliphatic rings. The summed E-state index contributed by atoms with van der Waals surface area (Å²) >= 11 is 0. The van der Waals surface area contributed by atoms with Crippen LogP contribution >= 0.6 is 0 Å². The van der Waals surface area contributed by atoms with Crippen LogP contribution in [0.3, 0.4) is 0 Å². The molecule has 4 heteroatoms. The molecular formula is C11H12O4. The third-order valence-electron chi connectivity index (χ3n) is 4.45. The van der Waals surface area contributed by atoms with Gasteiger partial charge in [0.05, 0.1) is 11.8 Å². The average Bonchev–Trinajstić information content (AvgIpc) is 2.58. The van der Waals surface area contributed by atoms with Crippen LogP contribution in [0, 0.1) is 22.7 Å². The number of fused-ring (bicyclic) bond motifs is 5. The molecule has 2 bridgehead atoms. The van der Waals surface area contributed by atoms with E-state index in [1.807, 2.05) is 6.92 Å². The number of ether oxygens (including phenoxy) is 1. The van der Waals surface area contributed by atoms with Crippen molar-refractivity contribution in [3.05, 3.63) is 0 Å². The van der Waals surface area contributed by atoms with E-state index in [0.29, 0.717) is 12.8 Å². The molecule has 0 aromatic heterocycles. The van der Waals surface area contributed by atoms with Gasteiger partial charge in [-0.1, -0.05) is 13.8 Å². The maximum absolute atomic E-state index is 11.8. The van der Waals surface area contributed by atoms with E-state index in [2.05, 4.69) is 4.74 Å². The number of rotatable bonds is 0. The van der Waals surface area contributed by atoms with Gasteiger partial charge in [-0.3, -0.25) is 14.4 Å². The Bertz CT molecular complexity index is 413. The van der Waals surface area contributed by atoms with Crippen molar-refractivity contribution >= 4 is 17.7 Å². The van der Waals surface area contributed by atoms with Crippen molar-refractivity contribution in [2.45, 2.75) is 26.7 Å². The Morgan fingerprint density at radius 2 is 1.73 bits per heavy atom. The summed E-state index contributed by atoms with van der Waals surface area (Å²) in [6.45, 7) is 3.71. The van der Waals surface area contributed by atoms with Gasteiger partial charge in [0.25, 0.3) is 0 Å². The normalized spacial score (nSPS) is 52.3. The van der Waals surface area contributed by atoms with Gasteiger partial charge < -0.3 is 4.74 Å². The van der Waals surface area contributed by atoms with Crippen LogP contribution in [0.15, 0.2) is 0 Å². The first-order valence-electron chi connectivity index (χ1n) is 5.17. The molecule has 0 aromatic rings. The lowest BCUT2D eigenvalue weighted by molar-refractivity contribution is -0.156. The van der Waals surface area contributed by atoms with Crippen molar-refractivity contribution in [1.29, 1.82) is 0 Å². The second-order valence-corrected chi connectivity index (χ2v) is 5.54. The molecule has 0 amide bonds. The number of cyclic esters (lactones) is 2. The van der Waals surface area contributed by atoms with Gasteiger partial charge in [0.2, 0.25) is 0 Å². The highest BCUT2D eigenvalue weighted by Crippen LogP contribution is 2.67. The smallest absolute Gasteiger partial charge is 0.318 e. The molecule has 4 atom stereocenters. The lowest BCUT2D eigenvalue weighted by atomic mass is 9.68. The molecule has 2 saturated carbocycles. The first-order chi connectivity index (χ1) is 6.88. The van der Waals surface area contributed by atoms with Crippen LogP contribution in [0.5, 0.6) is 0 Å². The molecule has 0 aromatic carbocycles. The van der Waals surface area contributed by atoms with Gasteiger partial charge in [0.15, 0.2) is 0 Å². The number of ketones is 1. The molecule has 1 heterocycles. The van der Waals surface area contributed by atoms with Crippen LogP contribution in [0.1, 0.15) is 26.7 Å². The zero-order valence-electron chi connectivity index (χ0n) is 8.70. The lowest BCUT2D eigenvalue weighted by Gasteiger charge is -2.29. The van der Waals surface area contributed by atoms with Crippen LogP contribution < -0.4 is 0 Å². The Morgan fingerprint density at radius 1 is 1.13 bits per heavy atom. The summed E-state index contributed by atoms with van der Waals surface area (Å²) in [5, 5.41) is 0. The second-order valence-electron chi connectivity index (χ2n) is 5.54. The minimum absolute atomic E-state index is 0.109. The fourth-order valence-electron chi connectivity index (χ4n) is 3.89. The molecule has 0 radical (unpaired) electrons. The molecule has 80 valence electrons. The van der Waals surface area contributed by atoms with Crippen LogP contribution in [0.2, 0.25) is 0 Å². The molecule has 0 spiro atoms. The van der Waals surface area contributed by atoms with Crippen molar-refractivity contribution in [1.82, 2.24) is 0 Å². The van der Waals surface area contributed by atoms with Gasteiger partial charge in [-0.15, -0.1) is 0 Å². The maximum atomic E-state index is 11.8. The van der Waals surface area contributed by atoms with Gasteiger partial charge in [0, 0.05) is 11.8 Å². The molecule has 4 nitrogen and oxygen atoms in total. The predicted molar refractivity (Wildman–Crippen MR) is 48.5 cm³/mol. The first kappa shape index (κ1) is 9.07. The van der Waals surface area contributed by atoms with E-state index in [1.54, 1.807) is 6.92 Å². The lowest BCUT2D eigenvalue weighted by Crippen LogP contribution is -2.40. The Labute approximate surface area is 87.0 Å². The second kappa shape index (κ2) is 2.15. The van der Waals surface area contributed by atoms with Gasteiger partial charge >= 0.3 is 11.9 Å². The standard InChI is InChI=1S/C11H12O4/c1-10-3-5(12)11(2,4-10)7-6(10)8(13)15-9(7)14/h6-7H,3-4H2,1-2H3. The Balaban J connectivity index is 2.18. The SMILES string of the molecule is CC12CC(=O)C(C)(C1)C1C(=O)OC(=O)C12. The molecule has 1 aliphatic heterocycles. The number of hydrogen-bond acceptors (Lipinski definition) is 4. The molecule has 2 aliphatic carbocycles. The quantitative estimate of drug-likeness (QED) is 0.434. The van der Waals surface area contributed by atoms with Crippen LogP contribution in [-0.4, -0.2) is 17.7 Å². The predicted octanol–water partition coefficient (Wildman–Crippen LogP) is 0.691. The van der Waals surface area contributed by atoms with E-state index in [-0.39, 0.29) is 17.1 Å². The minimum Gasteiger partial charge on any atom is -0.393 e. The van der Waals surface area contributed by atoms with Crippen molar-refractivity contribution in [2.24, 2.45) is 22.7 Å². The summed E-state index contributed by atoms with van der Waals surface area (Å²) in [7, 11) is 0. The number of Topliss-reactive ketones (excluding diaryl/α,β-unsaturated/α-hetero) is 1. The van der Waals surface area contributed by atoms with E-state index in [4.69, 9.17) is 0 Å². The fourth-order valence-corrected chi connectivity index (χ4v) is 3.89. The van der Waals surface area contributed by atoms with Gasteiger partial charge in [0.1, 0.15) is 5.78 Å². The van der Waals surface area contributed by atoms with Crippen LogP contribution in [0.25, 0.3) is 0 Å². The number of esters is 2. The Kier molecular flexibility index (Phi) is 1.30. The van der Waals surface area contributed by atoms with Gasteiger partial charge in [-0.2, -0.15) is 0 Å². The van der Waals surface area contributed by atoms with Crippen molar-refractivity contribution in [2.75, 3.05) is 0 Å². The first-order valence-corrected chi connectivity index (χ1v) is 5.17. The Morgan fingerprint density at radius 3 is 2.40 bits per heavy atom. The summed E-state index contributed by atoms with van der Waals surface area (Å²) in [5.74, 6) is -1.71. The largest absolute Gasteiger partial charge is 0.393 e. The summed E-state index contributed by atoms with van der Waals surface area (Å²) in [5.41, 5.74) is -0.998. The Hall–Kier alpha value is -1.19. The highest BCUT2D eigenvalue weighted by atomic mass is 16.6. The number of carbonyl (C=O) groups excluding carboxylic acids is 3. The average molecular weight is 208 g/mol. The summed E-state index contributed by atoms with van der Waals surface area (Å²) in [4.78, 5) is 34.9. The number of carbonyl (C=O) groups is 3. The molecule has 3 rings (SSSR count). The molecule has 15 heavy (non-hydrogen) atoms. The number of hydrogen-bond donors (Lipinski definition) is 0. The molecule has 1 saturated heterocycles. The van der Waals surface area contributed by atoms with Gasteiger partial charge in [-0.25, -0.2) is 0 Å². The van der Waals surface area contributed by atoms with Crippen LogP contribution in [-0.2, 0) is 19.1 Å². The van der Waals surface area contributed by atoms with Gasteiger partial charge in [-0.05, 0) is 11.8 Å². The van der Waals surface area contributed by atoms with E-state index < -0.39 is 23.3 Å². The zero-order valence-corrected chi connectivity index (χ0v) is 8.70. The van der Waals surface area contributed by atoms with E-state index in [0.717, 1.165) is 0 Å². The summed E-state index contributed by atoms with van der Waals surface area (Å²) in [6, 6.07) is 0.